The molecule has 1 amide bonds. The Bertz CT molecular complexity index is 678. The molecule has 2 aromatic rings. The minimum absolute atomic E-state index is 0.00977. The Morgan fingerprint density at radius 3 is 2.90 bits per heavy atom. The smallest absolute Gasteiger partial charge is 0.235 e. The standard InChI is InChI=1S/C15H17N3OS/c1-8-4-5-9(2)11(6-8)14-13-10(3)17-18-15(13)16-12(19)7-20-14/h4-6,14H,7H2,1-3H3,(H2,16,17,18,19)/t14-/m1/s1. The summed E-state index contributed by atoms with van der Waals surface area (Å²) in [6, 6.07) is 6.46. The van der Waals surface area contributed by atoms with E-state index in [-0.39, 0.29) is 11.2 Å². The van der Waals surface area contributed by atoms with Gasteiger partial charge in [0.2, 0.25) is 5.91 Å². The third-order valence-electron chi connectivity index (χ3n) is 3.61. The predicted octanol–water partition coefficient (Wildman–Crippen LogP) is 3.11. The summed E-state index contributed by atoms with van der Waals surface area (Å²) < 4.78 is 0. The third kappa shape index (κ3) is 2.22. The highest BCUT2D eigenvalue weighted by Crippen LogP contribution is 2.43. The van der Waals surface area contributed by atoms with Crippen LogP contribution >= 0.6 is 11.8 Å². The zero-order valence-corrected chi connectivity index (χ0v) is 12.6. The highest BCUT2D eigenvalue weighted by molar-refractivity contribution is 8.00. The molecule has 3 rings (SSSR count). The van der Waals surface area contributed by atoms with E-state index in [0.29, 0.717) is 11.6 Å². The largest absolute Gasteiger partial charge is 0.308 e. The molecule has 104 valence electrons. The maximum Gasteiger partial charge on any atom is 0.235 e. The third-order valence-corrected chi connectivity index (χ3v) is 4.86. The summed E-state index contributed by atoms with van der Waals surface area (Å²) in [6.07, 6.45) is 0. The lowest BCUT2D eigenvalue weighted by atomic mass is 9.98. The molecule has 0 saturated heterocycles. The highest BCUT2D eigenvalue weighted by atomic mass is 32.2. The molecule has 0 spiro atoms. The number of fused-ring (bicyclic) bond motifs is 1. The number of amides is 1. The number of nitrogens with zero attached hydrogens (tertiary/aromatic N) is 1. The van der Waals surface area contributed by atoms with E-state index in [2.05, 4.69) is 47.6 Å². The van der Waals surface area contributed by atoms with Crippen LogP contribution in [0.1, 0.15) is 33.2 Å². The second-order valence-corrected chi connectivity index (χ2v) is 6.30. The van der Waals surface area contributed by atoms with Gasteiger partial charge in [-0.15, -0.1) is 11.8 Å². The van der Waals surface area contributed by atoms with Crippen molar-refractivity contribution < 1.29 is 4.79 Å². The van der Waals surface area contributed by atoms with Crippen LogP contribution in [0.5, 0.6) is 0 Å². The average molecular weight is 287 g/mol. The summed E-state index contributed by atoms with van der Waals surface area (Å²) in [5, 5.41) is 10.2. The van der Waals surface area contributed by atoms with Gasteiger partial charge in [0.15, 0.2) is 5.82 Å². The zero-order valence-electron chi connectivity index (χ0n) is 11.8. The molecule has 0 aliphatic carbocycles. The summed E-state index contributed by atoms with van der Waals surface area (Å²) >= 11 is 1.66. The fraction of sp³-hybridized carbons (Fsp3) is 0.333. The number of benzene rings is 1. The van der Waals surface area contributed by atoms with Gasteiger partial charge in [0.05, 0.1) is 11.0 Å². The van der Waals surface area contributed by atoms with Gasteiger partial charge in [0.1, 0.15) is 0 Å². The Hall–Kier alpha value is -1.75. The number of H-pyrrole nitrogens is 1. The second kappa shape index (κ2) is 4.98. The van der Waals surface area contributed by atoms with E-state index in [0.717, 1.165) is 11.3 Å². The first-order valence-corrected chi connectivity index (χ1v) is 7.64. The Kier molecular flexibility index (Phi) is 3.30. The fourth-order valence-corrected chi connectivity index (χ4v) is 3.83. The van der Waals surface area contributed by atoms with E-state index in [4.69, 9.17) is 0 Å². The summed E-state index contributed by atoms with van der Waals surface area (Å²) in [4.78, 5) is 11.8. The van der Waals surface area contributed by atoms with Crippen molar-refractivity contribution in [1.82, 2.24) is 10.2 Å². The molecule has 0 saturated carbocycles. The normalized spacial score (nSPS) is 18.4. The van der Waals surface area contributed by atoms with Crippen molar-refractivity contribution in [2.45, 2.75) is 26.0 Å². The van der Waals surface area contributed by atoms with Gasteiger partial charge in [-0.05, 0) is 31.9 Å². The van der Waals surface area contributed by atoms with Crippen LogP contribution in [-0.2, 0) is 4.79 Å². The first kappa shape index (κ1) is 13.2. The molecule has 2 N–H and O–H groups in total. The zero-order chi connectivity index (χ0) is 14.3. The van der Waals surface area contributed by atoms with Crippen molar-refractivity contribution in [3.8, 4) is 0 Å². The summed E-state index contributed by atoms with van der Waals surface area (Å²) in [5.41, 5.74) is 5.85. The molecule has 4 nitrogen and oxygen atoms in total. The van der Waals surface area contributed by atoms with Gasteiger partial charge in [-0.3, -0.25) is 9.89 Å². The minimum Gasteiger partial charge on any atom is -0.308 e. The van der Waals surface area contributed by atoms with E-state index < -0.39 is 0 Å². The first-order valence-electron chi connectivity index (χ1n) is 6.59. The van der Waals surface area contributed by atoms with Crippen LogP contribution < -0.4 is 5.32 Å². The molecule has 0 fully saturated rings. The van der Waals surface area contributed by atoms with Crippen molar-refractivity contribution in [2.24, 2.45) is 0 Å². The number of carbonyl (C=O) groups excluding carboxylic acids is 1. The molecular formula is C15H17N3OS. The van der Waals surface area contributed by atoms with E-state index in [1.807, 2.05) is 6.92 Å². The van der Waals surface area contributed by atoms with Crippen LogP contribution in [0.2, 0.25) is 0 Å². The number of carbonyl (C=O) groups is 1. The van der Waals surface area contributed by atoms with Crippen LogP contribution in [0.25, 0.3) is 0 Å². The van der Waals surface area contributed by atoms with Gasteiger partial charge < -0.3 is 5.32 Å². The van der Waals surface area contributed by atoms with Gasteiger partial charge in [-0.25, -0.2) is 0 Å². The van der Waals surface area contributed by atoms with Crippen molar-refractivity contribution in [3.05, 3.63) is 46.1 Å². The number of thioether (sulfide) groups is 1. The maximum absolute atomic E-state index is 11.8. The van der Waals surface area contributed by atoms with E-state index >= 15 is 0 Å². The quantitative estimate of drug-likeness (QED) is 0.847. The van der Waals surface area contributed by atoms with Crippen LogP contribution in [0.15, 0.2) is 18.2 Å². The summed E-state index contributed by atoms with van der Waals surface area (Å²) in [7, 11) is 0. The van der Waals surface area contributed by atoms with Crippen LogP contribution in [0.4, 0.5) is 5.82 Å². The van der Waals surface area contributed by atoms with Crippen molar-refractivity contribution >= 4 is 23.5 Å². The lowest BCUT2D eigenvalue weighted by molar-refractivity contribution is -0.113. The lowest BCUT2D eigenvalue weighted by Crippen LogP contribution is -2.12. The number of aromatic amines is 1. The number of nitrogens with one attached hydrogen (secondary N) is 2. The molecule has 1 aromatic heterocycles. The molecular weight excluding hydrogens is 270 g/mol. The predicted molar refractivity (Wildman–Crippen MR) is 82.2 cm³/mol. The van der Waals surface area contributed by atoms with Gasteiger partial charge in [-0.1, -0.05) is 23.8 Å². The second-order valence-electron chi connectivity index (χ2n) is 5.21. The molecule has 20 heavy (non-hydrogen) atoms. The summed E-state index contributed by atoms with van der Waals surface area (Å²) in [6.45, 7) is 6.21. The van der Waals surface area contributed by atoms with Crippen LogP contribution in [0, 0.1) is 20.8 Å². The van der Waals surface area contributed by atoms with Gasteiger partial charge in [-0.2, -0.15) is 5.10 Å². The topological polar surface area (TPSA) is 57.8 Å². The molecule has 0 bridgehead atoms. The number of hydrogen-bond acceptors (Lipinski definition) is 3. The molecule has 0 unspecified atom stereocenters. The monoisotopic (exact) mass is 287 g/mol. The van der Waals surface area contributed by atoms with Gasteiger partial charge >= 0.3 is 0 Å². The number of aromatic nitrogens is 2. The number of aryl methyl sites for hydroxylation is 3. The molecule has 1 aliphatic heterocycles. The maximum atomic E-state index is 11.8. The van der Waals surface area contributed by atoms with Gasteiger partial charge in [0.25, 0.3) is 0 Å². The van der Waals surface area contributed by atoms with E-state index in [9.17, 15) is 4.79 Å². The molecule has 1 aliphatic rings. The first-order chi connectivity index (χ1) is 9.56. The Morgan fingerprint density at radius 1 is 1.30 bits per heavy atom. The van der Waals surface area contributed by atoms with Gasteiger partial charge in [0, 0.05) is 11.3 Å². The molecule has 0 radical (unpaired) electrons. The highest BCUT2D eigenvalue weighted by Gasteiger charge is 2.28. The SMILES string of the molecule is Cc1ccc(C)c([C@H]2SCC(=O)Nc3n[nH]c(C)c32)c1. The van der Waals surface area contributed by atoms with Crippen molar-refractivity contribution in [2.75, 3.05) is 11.1 Å². The van der Waals surface area contributed by atoms with E-state index in [1.165, 1.54) is 16.7 Å². The number of hydrogen-bond donors (Lipinski definition) is 2. The average Bonchev–Trinajstić information content (AvgIpc) is 2.67. The molecule has 2 heterocycles. The molecule has 1 aromatic carbocycles. The Balaban J connectivity index is 2.15. The minimum atomic E-state index is 0.00977. The fourth-order valence-electron chi connectivity index (χ4n) is 2.55. The number of anilines is 1. The molecule has 1 atom stereocenters. The number of rotatable bonds is 1. The van der Waals surface area contributed by atoms with Crippen molar-refractivity contribution in [1.29, 1.82) is 0 Å². The Morgan fingerprint density at radius 2 is 2.10 bits per heavy atom. The summed E-state index contributed by atoms with van der Waals surface area (Å²) in [5.74, 6) is 1.13. The lowest BCUT2D eigenvalue weighted by Gasteiger charge is -2.18. The van der Waals surface area contributed by atoms with Crippen LogP contribution in [0.3, 0.4) is 0 Å². The van der Waals surface area contributed by atoms with Crippen LogP contribution in [-0.4, -0.2) is 21.9 Å². The van der Waals surface area contributed by atoms with Crippen molar-refractivity contribution in [3.63, 3.8) is 0 Å². The molecule has 5 heteroatoms. The van der Waals surface area contributed by atoms with E-state index in [1.54, 1.807) is 11.8 Å². The Labute approximate surface area is 122 Å².